The van der Waals surface area contributed by atoms with Crippen molar-refractivity contribution in [2.75, 3.05) is 38.5 Å². The highest BCUT2D eigenvalue weighted by Crippen LogP contribution is 2.34. The van der Waals surface area contributed by atoms with Crippen molar-refractivity contribution in [3.63, 3.8) is 0 Å². The highest BCUT2D eigenvalue weighted by Gasteiger charge is 2.32. The summed E-state index contributed by atoms with van der Waals surface area (Å²) in [5.74, 6) is -0.750. The van der Waals surface area contributed by atoms with Crippen LogP contribution in [0.5, 0.6) is 0 Å². The summed E-state index contributed by atoms with van der Waals surface area (Å²) in [6.07, 6.45) is 3.99. The number of hydrogen-bond acceptors (Lipinski definition) is 6. The number of carbonyl (C=O) groups is 2. The van der Waals surface area contributed by atoms with Gasteiger partial charge in [0.15, 0.2) is 5.82 Å². The van der Waals surface area contributed by atoms with E-state index in [9.17, 15) is 14.0 Å². The minimum absolute atomic E-state index is 0.00428. The van der Waals surface area contributed by atoms with E-state index < -0.39 is 5.82 Å². The van der Waals surface area contributed by atoms with Crippen molar-refractivity contribution in [3.05, 3.63) is 47.5 Å². The number of benzene rings is 1. The first-order valence-corrected chi connectivity index (χ1v) is 11.1. The number of aromatic nitrogens is 2. The topological polar surface area (TPSA) is 104 Å². The van der Waals surface area contributed by atoms with Crippen LogP contribution in [0.1, 0.15) is 35.3 Å². The Labute approximate surface area is 187 Å². The van der Waals surface area contributed by atoms with Crippen molar-refractivity contribution in [2.45, 2.75) is 25.7 Å². The van der Waals surface area contributed by atoms with Gasteiger partial charge >= 0.3 is 0 Å². The summed E-state index contributed by atoms with van der Waals surface area (Å²) < 4.78 is 14.3. The molecule has 0 radical (unpaired) electrons. The Hall–Kier alpha value is -3.07. The Kier molecular flexibility index (Phi) is 6.64. The van der Waals surface area contributed by atoms with Gasteiger partial charge in [-0.3, -0.25) is 9.59 Å². The Morgan fingerprint density at radius 1 is 1.16 bits per heavy atom. The van der Waals surface area contributed by atoms with Gasteiger partial charge in [-0.15, -0.1) is 0 Å². The number of amides is 2. The molecule has 1 aliphatic heterocycles. The molecule has 8 nitrogen and oxygen atoms in total. The molecule has 2 heterocycles. The number of hydrogen-bond donors (Lipinski definition) is 2. The lowest BCUT2D eigenvalue weighted by Crippen LogP contribution is -2.47. The van der Waals surface area contributed by atoms with Crippen LogP contribution < -0.4 is 11.1 Å². The van der Waals surface area contributed by atoms with Crippen LogP contribution in [0.4, 0.5) is 16.0 Å². The first-order chi connectivity index (χ1) is 15.4. The number of nitrogens with two attached hydrogens (primary N) is 1. The van der Waals surface area contributed by atoms with Gasteiger partial charge in [0.1, 0.15) is 0 Å². The molecule has 170 valence electrons. The van der Waals surface area contributed by atoms with Gasteiger partial charge in [-0.1, -0.05) is 6.42 Å². The molecule has 4 rings (SSSR count). The number of nitrogens with zero attached hydrogens (tertiary/aromatic N) is 4. The molecule has 2 amide bonds. The average Bonchev–Trinajstić information content (AvgIpc) is 3.25. The van der Waals surface area contributed by atoms with E-state index >= 15 is 0 Å². The fraction of sp³-hybridized carbons (Fsp3) is 0.478. The lowest BCUT2D eigenvalue weighted by Gasteiger charge is -2.32. The lowest BCUT2D eigenvalue weighted by atomic mass is 9.91. The van der Waals surface area contributed by atoms with E-state index in [1.54, 1.807) is 24.3 Å². The Morgan fingerprint density at radius 3 is 2.56 bits per heavy atom. The number of primary amides is 1. The zero-order valence-corrected chi connectivity index (χ0v) is 18.3. The van der Waals surface area contributed by atoms with Crippen LogP contribution in [0, 0.1) is 17.7 Å². The molecule has 3 N–H and O–H groups in total. The average molecular weight is 441 g/mol. The number of piperazine rings is 1. The molecule has 1 saturated heterocycles. The zero-order valence-electron chi connectivity index (χ0n) is 18.3. The predicted molar refractivity (Wildman–Crippen MR) is 119 cm³/mol. The summed E-state index contributed by atoms with van der Waals surface area (Å²) in [5.41, 5.74) is 7.10. The maximum Gasteiger partial charge on any atom is 0.253 e. The SMILES string of the molecule is CN1CCN(C(=O)c2ccc(Nc3ncc(F)c(C[C@@H]4CCC[C@@H]4C(N)=O)n3)cc2)CC1. The molecule has 9 heteroatoms. The maximum atomic E-state index is 14.3. The quantitative estimate of drug-likeness (QED) is 0.714. The summed E-state index contributed by atoms with van der Waals surface area (Å²) >= 11 is 0. The Bertz CT molecular complexity index is 975. The largest absolute Gasteiger partial charge is 0.369 e. The van der Waals surface area contributed by atoms with Crippen LogP contribution in [-0.4, -0.2) is 64.8 Å². The molecule has 2 aromatic rings. The van der Waals surface area contributed by atoms with Gasteiger partial charge in [-0.25, -0.2) is 14.4 Å². The van der Waals surface area contributed by atoms with Crippen molar-refractivity contribution in [1.82, 2.24) is 19.8 Å². The fourth-order valence-corrected chi connectivity index (χ4v) is 4.53. The van der Waals surface area contributed by atoms with Gasteiger partial charge in [-0.05, 0) is 56.5 Å². The summed E-state index contributed by atoms with van der Waals surface area (Å²) in [4.78, 5) is 36.8. The van der Waals surface area contributed by atoms with Gasteiger partial charge in [-0.2, -0.15) is 0 Å². The summed E-state index contributed by atoms with van der Waals surface area (Å²) in [6.45, 7) is 3.19. The van der Waals surface area contributed by atoms with Crippen LogP contribution in [0.2, 0.25) is 0 Å². The van der Waals surface area contributed by atoms with Gasteiger partial charge in [0.25, 0.3) is 5.91 Å². The van der Waals surface area contributed by atoms with Crippen molar-refractivity contribution in [3.8, 4) is 0 Å². The first kappa shape index (κ1) is 22.1. The van der Waals surface area contributed by atoms with E-state index in [2.05, 4.69) is 27.2 Å². The van der Waals surface area contributed by atoms with Crippen molar-refractivity contribution >= 4 is 23.5 Å². The molecular weight excluding hydrogens is 411 g/mol. The van der Waals surface area contributed by atoms with Crippen LogP contribution in [0.25, 0.3) is 0 Å². The number of likely N-dealkylation sites (N-methyl/N-ethyl adjacent to an activating group) is 1. The smallest absolute Gasteiger partial charge is 0.253 e. The Morgan fingerprint density at radius 2 is 1.88 bits per heavy atom. The molecule has 0 unspecified atom stereocenters. The molecule has 1 aromatic heterocycles. The van der Waals surface area contributed by atoms with Crippen LogP contribution >= 0.6 is 0 Å². The summed E-state index contributed by atoms with van der Waals surface area (Å²) in [6, 6.07) is 7.11. The standard InChI is InChI=1S/C23H29FN6O2/c1-29-9-11-30(12-10-29)22(32)15-5-7-17(8-6-15)27-23-26-14-19(24)20(28-23)13-16-3-2-4-18(16)21(25)31/h5-8,14,16,18H,2-4,9-13H2,1H3,(H2,25,31)(H,26,27,28)/t16-,18-/m0/s1. The van der Waals surface area contributed by atoms with Crippen molar-refractivity contribution < 1.29 is 14.0 Å². The molecule has 2 atom stereocenters. The normalized spacial score (nSPS) is 21.5. The molecule has 1 aromatic carbocycles. The van der Waals surface area contributed by atoms with E-state index in [1.165, 1.54) is 0 Å². The van der Waals surface area contributed by atoms with E-state index in [1.807, 2.05) is 4.90 Å². The number of nitrogens with one attached hydrogen (secondary N) is 1. The molecule has 1 saturated carbocycles. The van der Waals surface area contributed by atoms with Crippen molar-refractivity contribution in [1.29, 1.82) is 0 Å². The fourth-order valence-electron chi connectivity index (χ4n) is 4.53. The second kappa shape index (κ2) is 9.60. The highest BCUT2D eigenvalue weighted by molar-refractivity contribution is 5.94. The molecule has 0 bridgehead atoms. The van der Waals surface area contributed by atoms with Crippen molar-refractivity contribution in [2.24, 2.45) is 17.6 Å². The van der Waals surface area contributed by atoms with E-state index in [0.717, 1.165) is 51.6 Å². The number of halogens is 1. The summed E-state index contributed by atoms with van der Waals surface area (Å²) in [7, 11) is 2.05. The van der Waals surface area contributed by atoms with Crippen LogP contribution in [0.3, 0.4) is 0 Å². The van der Waals surface area contributed by atoms with E-state index in [-0.39, 0.29) is 35.3 Å². The van der Waals surface area contributed by atoms with E-state index in [4.69, 9.17) is 5.73 Å². The van der Waals surface area contributed by atoms with Gasteiger partial charge in [0.2, 0.25) is 11.9 Å². The number of rotatable bonds is 6. The minimum Gasteiger partial charge on any atom is -0.369 e. The number of anilines is 2. The Balaban J connectivity index is 1.41. The van der Waals surface area contributed by atoms with Crippen LogP contribution in [0.15, 0.2) is 30.5 Å². The molecule has 2 aliphatic rings. The molecule has 2 fully saturated rings. The molecular formula is C23H29FN6O2. The number of carbonyl (C=O) groups excluding carboxylic acids is 2. The van der Waals surface area contributed by atoms with Gasteiger partial charge < -0.3 is 20.9 Å². The third kappa shape index (κ3) is 5.04. The summed E-state index contributed by atoms with van der Waals surface area (Å²) in [5, 5.41) is 3.07. The molecule has 0 spiro atoms. The minimum atomic E-state index is -0.487. The second-order valence-corrected chi connectivity index (χ2v) is 8.69. The second-order valence-electron chi connectivity index (χ2n) is 8.69. The maximum absolute atomic E-state index is 14.3. The van der Waals surface area contributed by atoms with Crippen LogP contribution in [-0.2, 0) is 11.2 Å². The predicted octanol–water partition coefficient (Wildman–Crippen LogP) is 2.19. The van der Waals surface area contributed by atoms with E-state index in [0.29, 0.717) is 17.7 Å². The first-order valence-electron chi connectivity index (χ1n) is 11.1. The monoisotopic (exact) mass is 440 g/mol. The van der Waals surface area contributed by atoms with Gasteiger partial charge in [0.05, 0.1) is 11.9 Å². The highest BCUT2D eigenvalue weighted by atomic mass is 19.1. The third-order valence-corrected chi connectivity index (χ3v) is 6.48. The zero-order chi connectivity index (χ0) is 22.7. The lowest BCUT2D eigenvalue weighted by molar-refractivity contribution is -0.122. The third-order valence-electron chi connectivity index (χ3n) is 6.48. The molecule has 1 aliphatic carbocycles. The molecule has 32 heavy (non-hydrogen) atoms. The van der Waals surface area contributed by atoms with Gasteiger partial charge in [0, 0.05) is 43.3 Å².